The molecule has 2 aromatic carbocycles. The lowest BCUT2D eigenvalue weighted by atomic mass is 10.0. The van der Waals surface area contributed by atoms with E-state index in [1.807, 2.05) is 12.1 Å². The van der Waals surface area contributed by atoms with E-state index in [0.29, 0.717) is 11.7 Å². The molecule has 0 amide bonds. The molecule has 0 saturated carbocycles. The van der Waals surface area contributed by atoms with Crippen LogP contribution in [0.1, 0.15) is 46.8 Å². The summed E-state index contributed by atoms with van der Waals surface area (Å²) in [5, 5.41) is 0. The number of carbonyl (C=O) groups excluding carboxylic acids is 1. The van der Waals surface area contributed by atoms with E-state index in [9.17, 15) is 4.79 Å². The van der Waals surface area contributed by atoms with E-state index >= 15 is 0 Å². The Bertz CT molecular complexity index is 627. The Morgan fingerprint density at radius 3 is 2.33 bits per heavy atom. The number of ketones is 1. The molecule has 0 aliphatic rings. The zero-order valence-corrected chi connectivity index (χ0v) is 14.0. The molecule has 0 bridgehead atoms. The summed E-state index contributed by atoms with van der Waals surface area (Å²) in [7, 11) is 0. The number of aryl methyl sites for hydroxylation is 2. The van der Waals surface area contributed by atoms with Crippen molar-refractivity contribution in [2.24, 2.45) is 0 Å². The Labute approximate surface area is 131 Å². The molecule has 0 heterocycles. The first-order valence-corrected chi connectivity index (χ1v) is 8.29. The Hall–Kier alpha value is -1.54. The van der Waals surface area contributed by atoms with Gasteiger partial charge in [-0.3, -0.25) is 4.79 Å². The van der Waals surface area contributed by atoms with Crippen molar-refractivity contribution in [3.05, 3.63) is 64.7 Å². The molecule has 110 valence electrons. The van der Waals surface area contributed by atoms with Crippen molar-refractivity contribution in [3.63, 3.8) is 0 Å². The molecular weight excluding hydrogens is 276 g/mol. The van der Waals surface area contributed by atoms with Crippen LogP contribution in [0.25, 0.3) is 0 Å². The molecule has 1 nitrogen and oxygen atoms in total. The highest BCUT2D eigenvalue weighted by molar-refractivity contribution is 8.00. The normalized spacial score (nSPS) is 10.9. The molecule has 0 aromatic heterocycles. The minimum atomic E-state index is 0.191. The van der Waals surface area contributed by atoms with Gasteiger partial charge in [-0.05, 0) is 37.0 Å². The second-order valence-electron chi connectivity index (χ2n) is 5.76. The predicted octanol–water partition coefficient (Wildman–Crippen LogP) is 5.40. The molecule has 0 N–H and O–H groups in total. The highest BCUT2D eigenvalue weighted by Crippen LogP contribution is 2.24. The summed E-state index contributed by atoms with van der Waals surface area (Å²) >= 11 is 1.63. The molecule has 0 aliphatic carbocycles. The molecule has 0 spiro atoms. The topological polar surface area (TPSA) is 17.1 Å². The van der Waals surface area contributed by atoms with Crippen LogP contribution < -0.4 is 0 Å². The third-order valence-electron chi connectivity index (χ3n) is 3.60. The van der Waals surface area contributed by atoms with Crippen molar-refractivity contribution in [1.82, 2.24) is 0 Å². The van der Waals surface area contributed by atoms with E-state index in [2.05, 4.69) is 58.0 Å². The third kappa shape index (κ3) is 4.21. The second kappa shape index (κ2) is 6.95. The first-order valence-electron chi connectivity index (χ1n) is 7.30. The zero-order chi connectivity index (χ0) is 15.4. The molecule has 0 saturated heterocycles. The average Bonchev–Trinajstić information content (AvgIpc) is 2.48. The molecule has 0 radical (unpaired) electrons. The molecule has 2 aromatic rings. The monoisotopic (exact) mass is 298 g/mol. The van der Waals surface area contributed by atoms with E-state index in [-0.39, 0.29) is 5.78 Å². The summed E-state index contributed by atoms with van der Waals surface area (Å²) in [6.07, 6.45) is 0. The van der Waals surface area contributed by atoms with Crippen LogP contribution in [0.2, 0.25) is 0 Å². The van der Waals surface area contributed by atoms with Crippen LogP contribution in [-0.4, -0.2) is 11.5 Å². The predicted molar refractivity (Wildman–Crippen MR) is 91.5 cm³/mol. The molecule has 0 fully saturated rings. The standard InChI is InChI=1S/C19H22OS/c1-13(2)16-7-9-17(10-8-16)18(20)12-21-19-11-14(3)5-6-15(19)4/h5-11,13H,12H2,1-4H3. The smallest absolute Gasteiger partial charge is 0.173 e. The number of Topliss-reactive ketones (excluding diaryl/α,β-unsaturated/α-hetero) is 1. The minimum absolute atomic E-state index is 0.191. The van der Waals surface area contributed by atoms with Gasteiger partial charge in [0.2, 0.25) is 0 Å². The Morgan fingerprint density at radius 1 is 1.05 bits per heavy atom. The third-order valence-corrected chi connectivity index (χ3v) is 4.76. The number of hydrogen-bond acceptors (Lipinski definition) is 2. The van der Waals surface area contributed by atoms with Crippen molar-refractivity contribution >= 4 is 17.5 Å². The van der Waals surface area contributed by atoms with Gasteiger partial charge in [0.15, 0.2) is 5.78 Å². The molecule has 0 atom stereocenters. The van der Waals surface area contributed by atoms with E-state index in [4.69, 9.17) is 0 Å². The van der Waals surface area contributed by atoms with Gasteiger partial charge in [-0.1, -0.05) is 55.8 Å². The van der Waals surface area contributed by atoms with Gasteiger partial charge < -0.3 is 0 Å². The fourth-order valence-electron chi connectivity index (χ4n) is 2.14. The first kappa shape index (κ1) is 15.8. The summed E-state index contributed by atoms with van der Waals surface area (Å²) in [6, 6.07) is 14.4. The van der Waals surface area contributed by atoms with E-state index in [1.54, 1.807) is 11.8 Å². The van der Waals surface area contributed by atoms with E-state index in [0.717, 1.165) is 5.56 Å². The molecule has 2 rings (SSSR count). The van der Waals surface area contributed by atoms with Crippen LogP contribution in [0, 0.1) is 13.8 Å². The van der Waals surface area contributed by atoms with Gasteiger partial charge in [0.25, 0.3) is 0 Å². The van der Waals surface area contributed by atoms with Crippen LogP contribution in [0.3, 0.4) is 0 Å². The maximum Gasteiger partial charge on any atom is 0.173 e. The highest BCUT2D eigenvalue weighted by atomic mass is 32.2. The molecular formula is C19H22OS. The number of hydrogen-bond donors (Lipinski definition) is 0. The zero-order valence-electron chi connectivity index (χ0n) is 13.1. The summed E-state index contributed by atoms with van der Waals surface area (Å²) in [5.41, 5.74) is 4.54. The maximum atomic E-state index is 12.3. The highest BCUT2D eigenvalue weighted by Gasteiger charge is 2.09. The number of rotatable bonds is 5. The lowest BCUT2D eigenvalue weighted by molar-refractivity contribution is 0.102. The van der Waals surface area contributed by atoms with Crippen molar-refractivity contribution in [2.75, 3.05) is 5.75 Å². The average molecular weight is 298 g/mol. The fraction of sp³-hybridized carbons (Fsp3) is 0.316. The van der Waals surface area contributed by atoms with E-state index < -0.39 is 0 Å². The molecule has 0 aliphatic heterocycles. The van der Waals surface area contributed by atoms with Crippen LogP contribution in [0.15, 0.2) is 47.4 Å². The van der Waals surface area contributed by atoms with Gasteiger partial charge in [0, 0.05) is 10.5 Å². The van der Waals surface area contributed by atoms with Crippen LogP contribution in [-0.2, 0) is 0 Å². The lowest BCUT2D eigenvalue weighted by Gasteiger charge is -2.08. The fourth-order valence-corrected chi connectivity index (χ4v) is 3.16. The Morgan fingerprint density at radius 2 is 1.71 bits per heavy atom. The minimum Gasteiger partial charge on any atom is -0.293 e. The molecule has 0 unspecified atom stereocenters. The van der Waals surface area contributed by atoms with Gasteiger partial charge in [0.05, 0.1) is 5.75 Å². The van der Waals surface area contributed by atoms with Gasteiger partial charge in [-0.15, -0.1) is 11.8 Å². The van der Waals surface area contributed by atoms with E-state index in [1.165, 1.54) is 21.6 Å². The number of benzene rings is 2. The van der Waals surface area contributed by atoms with Crippen LogP contribution in [0.4, 0.5) is 0 Å². The SMILES string of the molecule is Cc1ccc(C)c(SCC(=O)c2ccc(C(C)C)cc2)c1. The summed E-state index contributed by atoms with van der Waals surface area (Å²) < 4.78 is 0. The van der Waals surface area contributed by atoms with Gasteiger partial charge in [-0.25, -0.2) is 0 Å². The van der Waals surface area contributed by atoms with Gasteiger partial charge >= 0.3 is 0 Å². The molecule has 21 heavy (non-hydrogen) atoms. The van der Waals surface area contributed by atoms with Crippen molar-refractivity contribution < 1.29 is 4.79 Å². The second-order valence-corrected chi connectivity index (χ2v) is 6.77. The summed E-state index contributed by atoms with van der Waals surface area (Å²) in [4.78, 5) is 13.5. The number of carbonyl (C=O) groups is 1. The Kier molecular flexibility index (Phi) is 5.24. The van der Waals surface area contributed by atoms with Gasteiger partial charge in [0.1, 0.15) is 0 Å². The maximum absolute atomic E-state index is 12.3. The Balaban J connectivity index is 2.03. The van der Waals surface area contributed by atoms with Crippen molar-refractivity contribution in [3.8, 4) is 0 Å². The largest absolute Gasteiger partial charge is 0.293 e. The summed E-state index contributed by atoms with van der Waals surface area (Å²) in [5.74, 6) is 1.18. The van der Waals surface area contributed by atoms with Crippen molar-refractivity contribution in [2.45, 2.75) is 38.5 Å². The first-order chi connectivity index (χ1) is 9.97. The van der Waals surface area contributed by atoms with Gasteiger partial charge in [-0.2, -0.15) is 0 Å². The van der Waals surface area contributed by atoms with Crippen LogP contribution in [0.5, 0.6) is 0 Å². The quantitative estimate of drug-likeness (QED) is 0.543. The summed E-state index contributed by atoms with van der Waals surface area (Å²) in [6.45, 7) is 8.49. The lowest BCUT2D eigenvalue weighted by Crippen LogP contribution is -2.03. The molecule has 2 heteroatoms. The van der Waals surface area contributed by atoms with Crippen LogP contribution >= 0.6 is 11.8 Å². The number of thioether (sulfide) groups is 1. The van der Waals surface area contributed by atoms with Crippen molar-refractivity contribution in [1.29, 1.82) is 0 Å².